The molecule has 0 amide bonds. The molecule has 0 unspecified atom stereocenters. The number of methoxy groups -OCH3 is 1. The summed E-state index contributed by atoms with van der Waals surface area (Å²) in [5.41, 5.74) is 7.00. The van der Waals surface area contributed by atoms with Gasteiger partial charge in [0.1, 0.15) is 11.6 Å². The van der Waals surface area contributed by atoms with Crippen molar-refractivity contribution in [3.63, 3.8) is 0 Å². The fourth-order valence-electron chi connectivity index (χ4n) is 3.55. The molecule has 0 aromatic heterocycles. The molecular weight excluding hydrogens is 205 g/mol. The Morgan fingerprint density at radius 1 is 1.38 bits per heavy atom. The van der Waals surface area contributed by atoms with Gasteiger partial charge in [-0.25, -0.2) is 4.39 Å². The Balaban J connectivity index is 1.87. The van der Waals surface area contributed by atoms with Gasteiger partial charge in [0, 0.05) is 6.07 Å². The number of halogens is 1. The van der Waals surface area contributed by atoms with Crippen LogP contribution < -0.4 is 10.5 Å². The van der Waals surface area contributed by atoms with E-state index in [0.717, 1.165) is 31.4 Å². The highest BCUT2D eigenvalue weighted by molar-refractivity contribution is 5.42. The lowest BCUT2D eigenvalue weighted by molar-refractivity contribution is -0.134. The molecule has 2 bridgehead atoms. The molecule has 0 saturated heterocycles. The van der Waals surface area contributed by atoms with Gasteiger partial charge in [-0.1, -0.05) is 6.07 Å². The van der Waals surface area contributed by atoms with Gasteiger partial charge in [0.2, 0.25) is 0 Å². The van der Waals surface area contributed by atoms with Crippen molar-refractivity contribution in [3.8, 4) is 5.75 Å². The molecule has 2 N–H and O–H groups in total. The largest absolute Gasteiger partial charge is 0.497 e. The fraction of sp³-hybridized carbons (Fsp3) is 0.538. The number of rotatable bonds is 3. The number of hydrogen-bond acceptors (Lipinski definition) is 2. The van der Waals surface area contributed by atoms with Crippen molar-refractivity contribution in [1.29, 1.82) is 0 Å². The summed E-state index contributed by atoms with van der Waals surface area (Å²) in [5, 5.41) is 0. The van der Waals surface area contributed by atoms with E-state index in [2.05, 4.69) is 0 Å². The van der Waals surface area contributed by atoms with Crippen LogP contribution in [-0.2, 0) is 5.41 Å². The first kappa shape index (κ1) is 10.1. The first-order chi connectivity index (χ1) is 7.63. The van der Waals surface area contributed by atoms with E-state index in [1.807, 2.05) is 12.1 Å². The molecule has 0 heterocycles. The van der Waals surface area contributed by atoms with Crippen LogP contribution in [0.4, 0.5) is 4.39 Å². The van der Waals surface area contributed by atoms with E-state index in [0.29, 0.717) is 11.2 Å². The second kappa shape index (κ2) is 2.98. The minimum atomic E-state index is -0.135. The van der Waals surface area contributed by atoms with Gasteiger partial charge in [-0.15, -0.1) is 0 Å². The molecule has 1 aromatic carbocycles. The van der Waals surface area contributed by atoms with Crippen LogP contribution in [0.3, 0.4) is 0 Å². The van der Waals surface area contributed by atoms with Crippen molar-refractivity contribution in [2.75, 3.05) is 13.7 Å². The zero-order chi connectivity index (χ0) is 11.4. The standard InChI is InChI=1S/C13H16FNO/c1-16-9-2-3-10(11(14)4-9)13-5-12(6-13,7-13)8-15/h2-4H,5-8,15H2,1H3. The molecule has 0 radical (unpaired) electrons. The topological polar surface area (TPSA) is 35.2 Å². The summed E-state index contributed by atoms with van der Waals surface area (Å²) in [6, 6.07) is 5.19. The summed E-state index contributed by atoms with van der Waals surface area (Å²) in [7, 11) is 1.55. The Labute approximate surface area is 94.6 Å². The van der Waals surface area contributed by atoms with E-state index in [9.17, 15) is 4.39 Å². The molecule has 0 aliphatic heterocycles. The van der Waals surface area contributed by atoms with E-state index in [-0.39, 0.29) is 11.2 Å². The predicted octanol–water partition coefficient (Wildman–Crippen LogP) is 2.21. The van der Waals surface area contributed by atoms with Crippen LogP contribution in [0, 0.1) is 11.2 Å². The van der Waals surface area contributed by atoms with Crippen molar-refractivity contribution in [2.24, 2.45) is 11.1 Å². The SMILES string of the molecule is COc1ccc(C23CC(CN)(C2)C3)c(F)c1. The monoisotopic (exact) mass is 221 g/mol. The summed E-state index contributed by atoms with van der Waals surface area (Å²) < 4.78 is 18.9. The van der Waals surface area contributed by atoms with Crippen molar-refractivity contribution < 1.29 is 9.13 Å². The third-order valence-electron chi connectivity index (χ3n) is 4.32. The summed E-state index contributed by atoms with van der Waals surface area (Å²) in [5.74, 6) is 0.450. The molecule has 4 rings (SSSR count). The normalized spacial score (nSPS) is 35.2. The summed E-state index contributed by atoms with van der Waals surface area (Å²) in [6.45, 7) is 0.743. The minimum Gasteiger partial charge on any atom is -0.497 e. The van der Waals surface area contributed by atoms with Gasteiger partial charge >= 0.3 is 0 Å². The van der Waals surface area contributed by atoms with Crippen LogP contribution in [0.1, 0.15) is 24.8 Å². The van der Waals surface area contributed by atoms with Crippen molar-refractivity contribution in [1.82, 2.24) is 0 Å². The average Bonchev–Trinajstić information content (AvgIpc) is 2.17. The first-order valence-corrected chi connectivity index (χ1v) is 5.67. The molecule has 1 aromatic rings. The lowest BCUT2D eigenvalue weighted by Gasteiger charge is -2.71. The highest BCUT2D eigenvalue weighted by Crippen LogP contribution is 2.73. The molecule has 2 nitrogen and oxygen atoms in total. The van der Waals surface area contributed by atoms with Crippen LogP contribution in [-0.4, -0.2) is 13.7 Å². The Bertz CT molecular complexity index is 424. The van der Waals surface area contributed by atoms with Gasteiger partial charge < -0.3 is 10.5 Å². The Morgan fingerprint density at radius 2 is 2.06 bits per heavy atom. The summed E-state index contributed by atoms with van der Waals surface area (Å²) >= 11 is 0. The van der Waals surface area contributed by atoms with Crippen molar-refractivity contribution in [3.05, 3.63) is 29.6 Å². The maximum atomic E-state index is 13.9. The van der Waals surface area contributed by atoms with E-state index in [1.165, 1.54) is 6.07 Å². The second-order valence-corrected chi connectivity index (χ2v) is 5.36. The van der Waals surface area contributed by atoms with Gasteiger partial charge in [-0.2, -0.15) is 0 Å². The van der Waals surface area contributed by atoms with Crippen LogP contribution in [0.5, 0.6) is 5.75 Å². The van der Waals surface area contributed by atoms with E-state index < -0.39 is 0 Å². The lowest BCUT2D eigenvalue weighted by atomic mass is 9.33. The van der Waals surface area contributed by atoms with Crippen molar-refractivity contribution >= 4 is 0 Å². The molecule has 3 aliphatic rings. The van der Waals surface area contributed by atoms with E-state index in [1.54, 1.807) is 7.11 Å². The predicted molar refractivity (Wildman–Crippen MR) is 60.0 cm³/mol. The molecule has 0 atom stereocenters. The third kappa shape index (κ3) is 1.09. The van der Waals surface area contributed by atoms with Crippen molar-refractivity contribution in [2.45, 2.75) is 24.7 Å². The summed E-state index contributed by atoms with van der Waals surface area (Å²) in [4.78, 5) is 0. The number of ether oxygens (including phenoxy) is 1. The molecule has 0 spiro atoms. The molecule has 3 aliphatic carbocycles. The average molecular weight is 221 g/mol. The van der Waals surface area contributed by atoms with Crippen LogP contribution in [0.15, 0.2) is 18.2 Å². The maximum Gasteiger partial charge on any atom is 0.130 e. The van der Waals surface area contributed by atoms with Crippen LogP contribution in [0.25, 0.3) is 0 Å². The first-order valence-electron chi connectivity index (χ1n) is 5.67. The fourth-order valence-corrected chi connectivity index (χ4v) is 3.55. The molecule has 3 saturated carbocycles. The second-order valence-electron chi connectivity index (χ2n) is 5.36. The Morgan fingerprint density at radius 3 is 2.56 bits per heavy atom. The number of hydrogen-bond donors (Lipinski definition) is 1. The quantitative estimate of drug-likeness (QED) is 0.849. The zero-order valence-corrected chi connectivity index (χ0v) is 9.42. The van der Waals surface area contributed by atoms with E-state index in [4.69, 9.17) is 10.5 Å². The maximum absolute atomic E-state index is 13.9. The Kier molecular flexibility index (Phi) is 1.88. The van der Waals surface area contributed by atoms with E-state index >= 15 is 0 Å². The third-order valence-corrected chi connectivity index (χ3v) is 4.32. The molecule has 3 fully saturated rings. The number of nitrogens with two attached hydrogens (primary N) is 1. The molecular formula is C13H16FNO. The number of benzene rings is 1. The lowest BCUT2D eigenvalue weighted by Crippen LogP contribution is -2.67. The van der Waals surface area contributed by atoms with Gasteiger partial charge in [0.15, 0.2) is 0 Å². The zero-order valence-electron chi connectivity index (χ0n) is 9.42. The smallest absolute Gasteiger partial charge is 0.130 e. The van der Waals surface area contributed by atoms with Crippen LogP contribution >= 0.6 is 0 Å². The molecule has 86 valence electrons. The molecule has 3 heteroatoms. The van der Waals surface area contributed by atoms with Gasteiger partial charge in [-0.3, -0.25) is 0 Å². The molecule has 16 heavy (non-hydrogen) atoms. The summed E-state index contributed by atoms with van der Waals surface area (Å²) in [6.07, 6.45) is 3.17. The highest BCUT2D eigenvalue weighted by Gasteiger charge is 2.67. The van der Waals surface area contributed by atoms with Gasteiger partial charge in [-0.05, 0) is 48.3 Å². The Hall–Kier alpha value is -1.09. The van der Waals surface area contributed by atoms with Gasteiger partial charge in [0.25, 0.3) is 0 Å². The van der Waals surface area contributed by atoms with Gasteiger partial charge in [0.05, 0.1) is 7.11 Å². The minimum absolute atomic E-state index is 0.0930. The highest BCUT2D eigenvalue weighted by atomic mass is 19.1. The van der Waals surface area contributed by atoms with Crippen LogP contribution in [0.2, 0.25) is 0 Å².